The van der Waals surface area contributed by atoms with Gasteiger partial charge in [-0.2, -0.15) is 15.0 Å². The molecule has 1 aliphatic rings. The van der Waals surface area contributed by atoms with Crippen molar-refractivity contribution in [3.05, 3.63) is 64.0 Å². The Morgan fingerprint density at radius 1 is 1.14 bits per heavy atom. The van der Waals surface area contributed by atoms with Crippen LogP contribution in [-0.4, -0.2) is 62.7 Å². The summed E-state index contributed by atoms with van der Waals surface area (Å²) in [4.78, 5) is 41.4. The Bertz CT molecular complexity index is 1240. The van der Waals surface area contributed by atoms with Gasteiger partial charge in [-0.1, -0.05) is 43.7 Å². The maximum absolute atomic E-state index is 13.8. The molecule has 0 spiro atoms. The molecule has 1 atom stereocenters. The molecule has 1 N–H and O–H groups in total. The highest BCUT2D eigenvalue weighted by Crippen LogP contribution is 2.31. The number of likely N-dealkylation sites (tertiary alicyclic amines) is 1. The van der Waals surface area contributed by atoms with Gasteiger partial charge in [0.15, 0.2) is 11.3 Å². The fourth-order valence-electron chi connectivity index (χ4n) is 4.41. The molecule has 184 valence electrons. The van der Waals surface area contributed by atoms with E-state index in [2.05, 4.69) is 15.0 Å². The normalized spacial score (nSPS) is 15.3. The first-order valence-corrected chi connectivity index (χ1v) is 11.6. The molecule has 1 fully saturated rings. The minimum atomic E-state index is -0.719. The van der Waals surface area contributed by atoms with Gasteiger partial charge >= 0.3 is 0 Å². The molecule has 1 saturated heterocycles. The number of methoxy groups -OCH3 is 2. The third kappa shape index (κ3) is 4.68. The van der Waals surface area contributed by atoms with Crippen molar-refractivity contribution in [1.82, 2.24) is 24.4 Å². The van der Waals surface area contributed by atoms with Crippen molar-refractivity contribution in [3.8, 4) is 23.3 Å². The fourth-order valence-corrected chi connectivity index (χ4v) is 4.41. The van der Waals surface area contributed by atoms with Gasteiger partial charge in [0.2, 0.25) is 17.6 Å². The van der Waals surface area contributed by atoms with Crippen LogP contribution in [0.4, 0.5) is 0 Å². The lowest BCUT2D eigenvalue weighted by atomic mass is 9.99. The summed E-state index contributed by atoms with van der Waals surface area (Å²) < 4.78 is 12.0. The second-order valence-corrected chi connectivity index (χ2v) is 8.36. The third-order valence-electron chi connectivity index (χ3n) is 6.21. The van der Waals surface area contributed by atoms with Gasteiger partial charge in [-0.15, -0.1) is 0 Å². The Morgan fingerprint density at radius 3 is 2.46 bits per heavy atom. The van der Waals surface area contributed by atoms with E-state index in [1.54, 1.807) is 4.90 Å². The zero-order chi connectivity index (χ0) is 24.9. The Morgan fingerprint density at radius 2 is 1.83 bits per heavy atom. The molecule has 10 nitrogen and oxygen atoms in total. The van der Waals surface area contributed by atoms with E-state index in [0.29, 0.717) is 25.9 Å². The summed E-state index contributed by atoms with van der Waals surface area (Å²) in [7, 11) is 2.83. The van der Waals surface area contributed by atoms with Crippen molar-refractivity contribution in [3.63, 3.8) is 0 Å². The molecule has 10 heteroatoms. The summed E-state index contributed by atoms with van der Waals surface area (Å²) in [5, 5.41) is 10.7. The maximum atomic E-state index is 13.8. The number of unbranched alkanes of at least 4 members (excludes halogenated alkanes) is 1. The predicted molar refractivity (Wildman–Crippen MR) is 129 cm³/mol. The van der Waals surface area contributed by atoms with Crippen LogP contribution in [0.15, 0.2) is 41.5 Å². The number of hydrogen-bond donors (Lipinski definition) is 1. The van der Waals surface area contributed by atoms with Gasteiger partial charge in [-0.25, -0.2) is 0 Å². The molecule has 2 aromatic heterocycles. The molecule has 3 heterocycles. The van der Waals surface area contributed by atoms with Crippen molar-refractivity contribution < 1.29 is 19.4 Å². The fraction of sp³-hybridized carbons (Fsp3) is 0.400. The van der Waals surface area contributed by atoms with Crippen LogP contribution in [0.5, 0.6) is 17.6 Å². The number of carbonyl (C=O) groups is 1. The average molecular weight is 480 g/mol. The summed E-state index contributed by atoms with van der Waals surface area (Å²) in [5.74, 6) is -0.546. The van der Waals surface area contributed by atoms with Crippen LogP contribution in [-0.2, 0) is 6.42 Å². The van der Waals surface area contributed by atoms with Gasteiger partial charge in [0.25, 0.3) is 11.5 Å². The van der Waals surface area contributed by atoms with E-state index in [1.807, 2.05) is 37.3 Å². The van der Waals surface area contributed by atoms with Gasteiger partial charge in [0.1, 0.15) is 12.2 Å². The van der Waals surface area contributed by atoms with E-state index in [4.69, 9.17) is 9.47 Å². The first kappa shape index (κ1) is 24.2. The summed E-state index contributed by atoms with van der Waals surface area (Å²) in [6.07, 6.45) is 3.95. The number of carbonyl (C=O) groups excluding carboxylic acids is 1. The third-order valence-corrected chi connectivity index (χ3v) is 6.21. The van der Waals surface area contributed by atoms with E-state index in [-0.39, 0.29) is 29.2 Å². The van der Waals surface area contributed by atoms with Crippen molar-refractivity contribution in [2.45, 2.75) is 38.5 Å². The highest BCUT2D eigenvalue weighted by molar-refractivity contribution is 5.96. The molecular weight excluding hydrogens is 450 g/mol. The number of aryl methyl sites for hydroxylation is 1. The quantitative estimate of drug-likeness (QED) is 0.524. The molecular formula is C25H29N5O5. The first-order valence-electron chi connectivity index (χ1n) is 11.6. The van der Waals surface area contributed by atoms with Crippen molar-refractivity contribution in [2.24, 2.45) is 0 Å². The molecule has 4 rings (SSSR count). The van der Waals surface area contributed by atoms with Crippen LogP contribution >= 0.6 is 0 Å². The average Bonchev–Trinajstić information content (AvgIpc) is 3.38. The Kier molecular flexibility index (Phi) is 7.28. The summed E-state index contributed by atoms with van der Waals surface area (Å²) in [5.41, 5.74) is 0.155. The van der Waals surface area contributed by atoms with Gasteiger partial charge < -0.3 is 19.5 Å². The van der Waals surface area contributed by atoms with E-state index >= 15 is 0 Å². The molecule has 0 bridgehead atoms. The van der Waals surface area contributed by atoms with E-state index in [9.17, 15) is 14.7 Å². The number of hydrogen-bond acceptors (Lipinski definition) is 8. The highest BCUT2D eigenvalue weighted by Gasteiger charge is 2.33. The van der Waals surface area contributed by atoms with Crippen LogP contribution < -0.4 is 15.0 Å². The summed E-state index contributed by atoms with van der Waals surface area (Å²) in [6, 6.07) is 9.93. The van der Waals surface area contributed by atoms with Crippen LogP contribution in [0.25, 0.3) is 5.69 Å². The van der Waals surface area contributed by atoms with E-state index < -0.39 is 22.9 Å². The second-order valence-electron chi connectivity index (χ2n) is 8.36. The number of amides is 1. The van der Waals surface area contributed by atoms with Gasteiger partial charge in [0.05, 0.1) is 14.2 Å². The van der Waals surface area contributed by atoms with Crippen LogP contribution in [0, 0.1) is 0 Å². The Labute approximate surface area is 203 Å². The summed E-state index contributed by atoms with van der Waals surface area (Å²) >= 11 is 0. The zero-order valence-corrected chi connectivity index (χ0v) is 20.1. The Hall–Kier alpha value is -3.95. The zero-order valence-electron chi connectivity index (χ0n) is 20.1. The minimum absolute atomic E-state index is 0.0906. The van der Waals surface area contributed by atoms with Gasteiger partial charge in [0, 0.05) is 25.4 Å². The molecule has 1 aromatic carbocycles. The number of nitrogens with zero attached hydrogens (tertiary/aromatic N) is 5. The van der Waals surface area contributed by atoms with E-state index in [0.717, 1.165) is 18.4 Å². The molecule has 35 heavy (non-hydrogen) atoms. The van der Waals surface area contributed by atoms with Gasteiger partial charge in [-0.05, 0) is 18.4 Å². The number of aromatic hydroxyl groups is 1. The summed E-state index contributed by atoms with van der Waals surface area (Å²) in [6.45, 7) is 2.92. The molecule has 1 amide bonds. The molecule has 0 aliphatic carbocycles. The SMILES string of the molecule is CCCCc1nc(O)c(C(=O)N2CCC(c3ccccc3)C2)c(=O)n1-c1c(OC)ncnc1OC. The van der Waals surface area contributed by atoms with Crippen LogP contribution in [0.3, 0.4) is 0 Å². The van der Waals surface area contributed by atoms with E-state index in [1.165, 1.54) is 25.1 Å². The van der Waals surface area contributed by atoms with Crippen molar-refractivity contribution >= 4 is 5.91 Å². The van der Waals surface area contributed by atoms with Crippen LogP contribution in [0.2, 0.25) is 0 Å². The monoisotopic (exact) mass is 479 g/mol. The standard InChI is InChI=1S/C25H29N5O5/c1-4-5-11-18-28-21(31)19(24(32)29-13-12-17(14-29)16-9-7-6-8-10-16)25(33)30(18)20-22(34-2)26-15-27-23(20)35-3/h6-10,15,17,31H,4-5,11-14H2,1-3H3. The lowest BCUT2D eigenvalue weighted by Gasteiger charge is -2.20. The topological polar surface area (TPSA) is 120 Å². The molecule has 1 aliphatic heterocycles. The Balaban J connectivity index is 1.80. The molecule has 1 unspecified atom stereocenters. The number of ether oxygens (including phenoxy) is 2. The molecule has 0 saturated carbocycles. The second kappa shape index (κ2) is 10.5. The number of aromatic nitrogens is 4. The van der Waals surface area contributed by atoms with Crippen molar-refractivity contribution in [2.75, 3.05) is 27.3 Å². The maximum Gasteiger partial charge on any atom is 0.275 e. The number of rotatable bonds is 8. The lowest BCUT2D eigenvalue weighted by Crippen LogP contribution is -2.37. The number of benzene rings is 1. The first-order chi connectivity index (χ1) is 17.0. The van der Waals surface area contributed by atoms with Crippen LogP contribution in [0.1, 0.15) is 53.8 Å². The predicted octanol–water partition coefficient (Wildman–Crippen LogP) is 2.72. The van der Waals surface area contributed by atoms with Gasteiger partial charge in [-0.3, -0.25) is 14.2 Å². The smallest absolute Gasteiger partial charge is 0.275 e. The minimum Gasteiger partial charge on any atom is -0.493 e. The highest BCUT2D eigenvalue weighted by atomic mass is 16.5. The molecule has 3 aromatic rings. The lowest BCUT2D eigenvalue weighted by molar-refractivity contribution is 0.0784. The molecule has 0 radical (unpaired) electrons. The van der Waals surface area contributed by atoms with Crippen molar-refractivity contribution in [1.29, 1.82) is 0 Å². The largest absolute Gasteiger partial charge is 0.493 e.